The maximum Gasteiger partial charge on any atom is 0.240 e. The molecule has 7 heteroatoms. The lowest BCUT2D eigenvalue weighted by atomic mass is 9.77. The number of ether oxygens (including phenoxy) is 2. The lowest BCUT2D eigenvalue weighted by molar-refractivity contribution is 0.114. The van der Waals surface area contributed by atoms with Crippen LogP contribution in [0.25, 0.3) is 0 Å². The molecule has 0 bridgehead atoms. The van der Waals surface area contributed by atoms with Crippen molar-refractivity contribution in [3.63, 3.8) is 0 Å². The van der Waals surface area contributed by atoms with Crippen molar-refractivity contribution in [1.29, 1.82) is 0 Å². The average Bonchev–Trinajstić information content (AvgIpc) is 3.64. The minimum Gasteiger partial charge on any atom is -0.489 e. The van der Waals surface area contributed by atoms with E-state index in [1.54, 1.807) is 6.07 Å². The molecule has 1 fully saturated rings. The summed E-state index contributed by atoms with van der Waals surface area (Å²) >= 11 is 0. The summed E-state index contributed by atoms with van der Waals surface area (Å²) in [5.74, 6) is 1.28. The van der Waals surface area contributed by atoms with Crippen molar-refractivity contribution in [3.05, 3.63) is 102 Å². The number of anilines is 1. The Morgan fingerprint density at radius 3 is 2.68 bits per heavy atom. The molecule has 0 aromatic heterocycles. The van der Waals surface area contributed by atoms with Crippen LogP contribution in [-0.4, -0.2) is 27.7 Å². The van der Waals surface area contributed by atoms with Crippen molar-refractivity contribution in [2.75, 3.05) is 18.5 Å². The van der Waals surface area contributed by atoms with Gasteiger partial charge < -0.3 is 14.8 Å². The van der Waals surface area contributed by atoms with E-state index in [9.17, 15) is 8.42 Å². The number of fused-ring (bicyclic) bond motifs is 3. The van der Waals surface area contributed by atoms with E-state index in [0.717, 1.165) is 47.4 Å². The van der Waals surface area contributed by atoms with E-state index in [-0.39, 0.29) is 24.0 Å². The fourth-order valence-electron chi connectivity index (χ4n) is 5.74. The first-order valence-electron chi connectivity index (χ1n) is 13.0. The molecule has 0 amide bonds. The van der Waals surface area contributed by atoms with Gasteiger partial charge in [-0.3, -0.25) is 0 Å². The number of benzene rings is 3. The molecule has 6 rings (SSSR count). The zero-order valence-electron chi connectivity index (χ0n) is 20.7. The van der Waals surface area contributed by atoms with Gasteiger partial charge in [0.05, 0.1) is 17.0 Å². The first-order chi connectivity index (χ1) is 18.1. The average molecular weight is 517 g/mol. The van der Waals surface area contributed by atoms with E-state index in [1.165, 1.54) is 0 Å². The maximum absolute atomic E-state index is 13.1. The summed E-state index contributed by atoms with van der Waals surface area (Å²) in [6, 6.07) is 23.9. The highest BCUT2D eigenvalue weighted by Gasteiger charge is 2.39. The molecular weight excluding hydrogens is 484 g/mol. The number of nitrogens with one attached hydrogen (secondary N) is 2. The molecule has 4 atom stereocenters. The first-order valence-corrected chi connectivity index (χ1v) is 14.5. The van der Waals surface area contributed by atoms with Gasteiger partial charge in [0, 0.05) is 30.3 Å². The summed E-state index contributed by atoms with van der Waals surface area (Å²) in [6.45, 7) is 1.52. The zero-order valence-corrected chi connectivity index (χ0v) is 21.5. The summed E-state index contributed by atoms with van der Waals surface area (Å²) in [5, 5.41) is 3.72. The maximum atomic E-state index is 13.1. The third-order valence-electron chi connectivity index (χ3n) is 7.66. The molecule has 1 saturated heterocycles. The van der Waals surface area contributed by atoms with Crippen molar-refractivity contribution in [2.24, 2.45) is 5.92 Å². The van der Waals surface area contributed by atoms with Gasteiger partial charge in [0.25, 0.3) is 0 Å². The zero-order chi connectivity index (χ0) is 25.2. The van der Waals surface area contributed by atoms with Crippen molar-refractivity contribution < 1.29 is 17.9 Å². The fraction of sp³-hybridized carbons (Fsp3) is 0.333. The van der Waals surface area contributed by atoms with Gasteiger partial charge in [-0.05, 0) is 60.6 Å². The largest absolute Gasteiger partial charge is 0.489 e. The van der Waals surface area contributed by atoms with E-state index in [4.69, 9.17) is 9.47 Å². The molecule has 3 aromatic carbocycles. The van der Waals surface area contributed by atoms with Gasteiger partial charge in [-0.2, -0.15) is 0 Å². The summed E-state index contributed by atoms with van der Waals surface area (Å²) < 4.78 is 40.7. The SMILES string of the molecule is O=S(=O)(NCC1CCCO1)c1ccc2c(c1)C1C=CCC1C(c1ccccc1OCc1ccccc1)N2. The third-order valence-corrected chi connectivity index (χ3v) is 9.08. The van der Waals surface area contributed by atoms with Crippen LogP contribution in [0.3, 0.4) is 0 Å². The molecule has 192 valence electrons. The number of hydrogen-bond acceptors (Lipinski definition) is 5. The van der Waals surface area contributed by atoms with Gasteiger partial charge in [0.15, 0.2) is 0 Å². The predicted octanol–water partition coefficient (Wildman–Crippen LogP) is 5.55. The van der Waals surface area contributed by atoms with Crippen molar-refractivity contribution in [3.8, 4) is 5.75 Å². The molecule has 0 spiro atoms. The van der Waals surface area contributed by atoms with Gasteiger partial charge in [-0.1, -0.05) is 60.7 Å². The summed E-state index contributed by atoms with van der Waals surface area (Å²) in [6.07, 6.45) is 7.19. The molecule has 6 nitrogen and oxygen atoms in total. The Morgan fingerprint density at radius 2 is 1.84 bits per heavy atom. The molecule has 2 N–H and O–H groups in total. The van der Waals surface area contributed by atoms with Crippen LogP contribution in [0.5, 0.6) is 5.75 Å². The Balaban J connectivity index is 1.25. The Kier molecular flexibility index (Phi) is 6.76. The topological polar surface area (TPSA) is 76.7 Å². The van der Waals surface area contributed by atoms with Crippen LogP contribution in [0.1, 0.15) is 47.9 Å². The number of sulfonamides is 1. The highest BCUT2D eigenvalue weighted by atomic mass is 32.2. The van der Waals surface area contributed by atoms with Crippen LogP contribution in [0.2, 0.25) is 0 Å². The van der Waals surface area contributed by atoms with Crippen LogP contribution in [0, 0.1) is 5.92 Å². The van der Waals surface area contributed by atoms with Crippen LogP contribution in [-0.2, 0) is 21.4 Å². The lowest BCUT2D eigenvalue weighted by Gasteiger charge is -2.38. The molecule has 2 aliphatic heterocycles. The van der Waals surface area contributed by atoms with E-state index >= 15 is 0 Å². The standard InChI is InChI=1S/C30H32N2O4S/c33-37(34,31-19-22-10-7-17-35-22)23-15-16-28-27(18-23)24-12-6-13-25(24)30(32-28)26-11-4-5-14-29(26)36-20-21-8-2-1-3-9-21/h1-6,8-9,11-12,14-16,18,22,24-25,30-32H,7,10,13,17,19-20H2. The van der Waals surface area contributed by atoms with Crippen molar-refractivity contribution >= 4 is 15.7 Å². The van der Waals surface area contributed by atoms with Crippen molar-refractivity contribution in [1.82, 2.24) is 4.72 Å². The van der Waals surface area contributed by atoms with E-state index in [2.05, 4.69) is 46.5 Å². The quantitative estimate of drug-likeness (QED) is 0.384. The molecule has 2 heterocycles. The minimum atomic E-state index is -3.62. The van der Waals surface area contributed by atoms with Crippen molar-refractivity contribution in [2.45, 2.75) is 48.8 Å². The van der Waals surface area contributed by atoms with Gasteiger partial charge >= 0.3 is 0 Å². The fourth-order valence-corrected chi connectivity index (χ4v) is 6.84. The van der Waals surface area contributed by atoms with Crippen LogP contribution < -0.4 is 14.8 Å². The van der Waals surface area contributed by atoms with Crippen LogP contribution >= 0.6 is 0 Å². The second kappa shape index (κ2) is 10.3. The number of hydrogen-bond donors (Lipinski definition) is 2. The Hall–Kier alpha value is -3.13. The normalized spacial score (nSPS) is 24.3. The molecule has 3 aliphatic rings. The van der Waals surface area contributed by atoms with Crippen LogP contribution in [0.15, 0.2) is 89.8 Å². The van der Waals surface area contributed by atoms with Gasteiger partial charge in [-0.25, -0.2) is 13.1 Å². The molecule has 0 radical (unpaired) electrons. The Morgan fingerprint density at radius 1 is 1.00 bits per heavy atom. The van der Waals surface area contributed by atoms with Gasteiger partial charge in [0.2, 0.25) is 10.0 Å². The molecule has 0 saturated carbocycles. The molecular formula is C30H32N2O4S. The van der Waals surface area contributed by atoms with E-state index in [1.807, 2.05) is 42.5 Å². The molecule has 4 unspecified atom stereocenters. The monoisotopic (exact) mass is 516 g/mol. The minimum absolute atomic E-state index is 0.0406. The van der Waals surface area contributed by atoms with E-state index in [0.29, 0.717) is 24.7 Å². The molecule has 1 aliphatic carbocycles. The second-order valence-electron chi connectivity index (χ2n) is 10.0. The molecule has 37 heavy (non-hydrogen) atoms. The van der Waals surface area contributed by atoms with Gasteiger partial charge in [0.1, 0.15) is 12.4 Å². The molecule has 3 aromatic rings. The smallest absolute Gasteiger partial charge is 0.240 e. The predicted molar refractivity (Wildman–Crippen MR) is 144 cm³/mol. The van der Waals surface area contributed by atoms with Gasteiger partial charge in [-0.15, -0.1) is 0 Å². The number of para-hydroxylation sites is 1. The number of allylic oxidation sites excluding steroid dienone is 2. The summed E-state index contributed by atoms with van der Waals surface area (Å²) in [7, 11) is -3.62. The lowest BCUT2D eigenvalue weighted by Crippen LogP contribution is -2.32. The summed E-state index contributed by atoms with van der Waals surface area (Å²) in [5.41, 5.74) is 4.24. The highest BCUT2D eigenvalue weighted by Crippen LogP contribution is 2.51. The second-order valence-corrected chi connectivity index (χ2v) is 11.8. The Labute approximate surface area is 218 Å². The number of rotatable bonds is 8. The van der Waals surface area contributed by atoms with E-state index < -0.39 is 10.0 Å². The summed E-state index contributed by atoms with van der Waals surface area (Å²) in [4.78, 5) is 0.301. The third kappa shape index (κ3) is 5.04. The Bertz CT molecular complexity index is 1380. The first kappa shape index (κ1) is 24.2. The van der Waals surface area contributed by atoms with Crippen LogP contribution in [0.4, 0.5) is 5.69 Å². The highest BCUT2D eigenvalue weighted by molar-refractivity contribution is 7.89.